The summed E-state index contributed by atoms with van der Waals surface area (Å²) in [6.45, 7) is 6.60. The van der Waals surface area contributed by atoms with Crippen molar-refractivity contribution in [2.24, 2.45) is 0 Å². The molecule has 2 atom stereocenters. The lowest BCUT2D eigenvalue weighted by Gasteiger charge is -2.32. The minimum atomic E-state index is -0.434. The molecule has 0 aliphatic heterocycles. The van der Waals surface area contributed by atoms with E-state index in [4.69, 9.17) is 0 Å². The van der Waals surface area contributed by atoms with Gasteiger partial charge in [-0.15, -0.1) is 0 Å². The first-order valence-corrected chi connectivity index (χ1v) is 6.80. The number of hydrogen-bond donors (Lipinski definition) is 2. The van der Waals surface area contributed by atoms with Crippen LogP contribution in [0, 0.1) is 0 Å². The highest BCUT2D eigenvalue weighted by atomic mass is 16.3. The van der Waals surface area contributed by atoms with E-state index in [1.165, 1.54) is 5.56 Å². The van der Waals surface area contributed by atoms with E-state index in [1.54, 1.807) is 0 Å². The van der Waals surface area contributed by atoms with Gasteiger partial charge in [-0.1, -0.05) is 45.0 Å². The maximum Gasteiger partial charge on any atom is 0.0658 e. The van der Waals surface area contributed by atoms with Gasteiger partial charge in [0.1, 0.15) is 0 Å². The van der Waals surface area contributed by atoms with Gasteiger partial charge in [-0.2, -0.15) is 0 Å². The van der Waals surface area contributed by atoms with Crippen LogP contribution in [0.5, 0.6) is 0 Å². The van der Waals surface area contributed by atoms with Gasteiger partial charge in [0.05, 0.1) is 12.7 Å². The average molecular weight is 248 g/mol. The Morgan fingerprint density at radius 2 is 1.83 bits per heavy atom. The molecule has 1 aromatic rings. The molecule has 0 spiro atoms. The minimum Gasteiger partial charge on any atom is -0.395 e. The van der Waals surface area contributed by atoms with Crippen LogP contribution >= 0.6 is 0 Å². The fourth-order valence-electron chi connectivity index (χ4n) is 2.97. The Hall–Kier alpha value is -0.860. The van der Waals surface area contributed by atoms with Gasteiger partial charge in [0.15, 0.2) is 0 Å². The molecule has 1 aliphatic rings. The maximum absolute atomic E-state index is 10.2. The molecule has 0 amide bonds. The number of rotatable bonds is 2. The molecular weight excluding hydrogens is 224 g/mol. The van der Waals surface area contributed by atoms with Gasteiger partial charge in [0.25, 0.3) is 0 Å². The summed E-state index contributed by atoms with van der Waals surface area (Å²) < 4.78 is 0. The van der Waals surface area contributed by atoms with Crippen molar-refractivity contribution in [2.45, 2.75) is 57.0 Å². The first kappa shape index (κ1) is 13.6. The van der Waals surface area contributed by atoms with Gasteiger partial charge in [0.2, 0.25) is 0 Å². The minimum absolute atomic E-state index is 0.0308. The van der Waals surface area contributed by atoms with Crippen LogP contribution < -0.4 is 0 Å². The van der Waals surface area contributed by atoms with Gasteiger partial charge >= 0.3 is 0 Å². The van der Waals surface area contributed by atoms with E-state index in [1.807, 2.05) is 0 Å². The number of hydrogen-bond acceptors (Lipinski definition) is 2. The fourth-order valence-corrected chi connectivity index (χ4v) is 2.97. The lowest BCUT2D eigenvalue weighted by Crippen LogP contribution is -2.38. The van der Waals surface area contributed by atoms with Crippen molar-refractivity contribution in [3.8, 4) is 0 Å². The lowest BCUT2D eigenvalue weighted by atomic mass is 9.76. The van der Waals surface area contributed by atoms with E-state index >= 15 is 0 Å². The Morgan fingerprint density at radius 1 is 1.22 bits per heavy atom. The molecule has 2 nitrogen and oxygen atoms in total. The van der Waals surface area contributed by atoms with Crippen molar-refractivity contribution >= 4 is 0 Å². The van der Waals surface area contributed by atoms with Crippen molar-refractivity contribution in [1.29, 1.82) is 0 Å². The normalized spacial score (nSPS) is 28.6. The second kappa shape index (κ2) is 4.67. The van der Waals surface area contributed by atoms with Crippen molar-refractivity contribution in [3.63, 3.8) is 0 Å². The molecule has 0 aromatic heterocycles. The number of aliphatic hydroxyl groups excluding tert-OH is 2. The highest BCUT2D eigenvalue weighted by Crippen LogP contribution is 2.41. The smallest absolute Gasteiger partial charge is 0.0658 e. The third-order valence-electron chi connectivity index (χ3n) is 4.35. The summed E-state index contributed by atoms with van der Waals surface area (Å²) >= 11 is 0. The van der Waals surface area contributed by atoms with E-state index in [-0.39, 0.29) is 12.0 Å². The molecule has 0 saturated heterocycles. The molecule has 1 aliphatic carbocycles. The number of aliphatic hydroxyl groups is 2. The first-order chi connectivity index (χ1) is 8.40. The van der Waals surface area contributed by atoms with Crippen LogP contribution in [-0.2, 0) is 10.8 Å². The van der Waals surface area contributed by atoms with Crippen molar-refractivity contribution < 1.29 is 10.2 Å². The summed E-state index contributed by atoms with van der Waals surface area (Å²) in [6, 6.07) is 8.40. The maximum atomic E-state index is 10.2. The highest BCUT2D eigenvalue weighted by molar-refractivity contribution is 5.34. The summed E-state index contributed by atoms with van der Waals surface area (Å²) in [5.74, 6) is 0. The summed E-state index contributed by atoms with van der Waals surface area (Å²) in [6.07, 6.45) is 2.24. The molecule has 18 heavy (non-hydrogen) atoms. The van der Waals surface area contributed by atoms with Crippen LogP contribution in [0.15, 0.2) is 24.3 Å². The Bertz CT molecular complexity index is 402. The molecule has 0 bridgehead atoms. The zero-order chi connectivity index (χ0) is 13.4. The van der Waals surface area contributed by atoms with E-state index < -0.39 is 11.5 Å². The molecule has 0 unspecified atom stereocenters. The first-order valence-electron chi connectivity index (χ1n) is 6.80. The van der Waals surface area contributed by atoms with Crippen molar-refractivity contribution in [1.82, 2.24) is 0 Å². The van der Waals surface area contributed by atoms with E-state index in [9.17, 15) is 10.2 Å². The SMILES string of the molecule is CC(C)(C)c1ccc([C@]2(CO)CCC[C@@H]2O)cc1. The quantitative estimate of drug-likeness (QED) is 0.845. The summed E-state index contributed by atoms with van der Waals surface area (Å²) in [5.41, 5.74) is 2.06. The zero-order valence-corrected chi connectivity index (χ0v) is 11.6. The molecule has 1 fully saturated rings. The monoisotopic (exact) mass is 248 g/mol. The van der Waals surface area contributed by atoms with Gasteiger partial charge in [0, 0.05) is 5.41 Å². The van der Waals surface area contributed by atoms with Crippen LogP contribution in [0.1, 0.15) is 51.2 Å². The van der Waals surface area contributed by atoms with Crippen LogP contribution in [0.3, 0.4) is 0 Å². The summed E-state index contributed by atoms with van der Waals surface area (Å²) in [4.78, 5) is 0. The van der Waals surface area contributed by atoms with Gasteiger partial charge in [-0.25, -0.2) is 0 Å². The Morgan fingerprint density at radius 3 is 2.22 bits per heavy atom. The Labute approximate surface area is 110 Å². The van der Waals surface area contributed by atoms with Gasteiger partial charge < -0.3 is 10.2 Å². The fraction of sp³-hybridized carbons (Fsp3) is 0.625. The predicted octanol–water partition coefficient (Wildman–Crippen LogP) is 2.76. The van der Waals surface area contributed by atoms with Gasteiger partial charge in [-0.3, -0.25) is 0 Å². The molecule has 0 radical (unpaired) electrons. The highest BCUT2D eigenvalue weighted by Gasteiger charge is 2.42. The van der Waals surface area contributed by atoms with Crippen LogP contribution in [0.4, 0.5) is 0 Å². The molecule has 2 heteroatoms. The van der Waals surface area contributed by atoms with Crippen molar-refractivity contribution in [3.05, 3.63) is 35.4 Å². The van der Waals surface area contributed by atoms with Crippen LogP contribution in [0.25, 0.3) is 0 Å². The summed E-state index contributed by atoms with van der Waals surface area (Å²) in [7, 11) is 0. The van der Waals surface area contributed by atoms with E-state index in [0.717, 1.165) is 24.8 Å². The second-order valence-corrected chi connectivity index (χ2v) is 6.55. The largest absolute Gasteiger partial charge is 0.395 e. The topological polar surface area (TPSA) is 40.5 Å². The zero-order valence-electron chi connectivity index (χ0n) is 11.6. The van der Waals surface area contributed by atoms with E-state index in [0.29, 0.717) is 0 Å². The summed E-state index contributed by atoms with van der Waals surface area (Å²) in [5, 5.41) is 19.9. The average Bonchev–Trinajstić information content (AvgIpc) is 2.71. The van der Waals surface area contributed by atoms with Crippen molar-refractivity contribution in [2.75, 3.05) is 6.61 Å². The molecule has 0 heterocycles. The van der Waals surface area contributed by atoms with Gasteiger partial charge in [-0.05, 0) is 35.8 Å². The predicted molar refractivity (Wildman–Crippen MR) is 73.8 cm³/mol. The Kier molecular flexibility index (Phi) is 3.52. The Balaban J connectivity index is 2.34. The van der Waals surface area contributed by atoms with Crippen LogP contribution in [-0.4, -0.2) is 22.9 Å². The molecule has 2 rings (SSSR count). The third-order valence-corrected chi connectivity index (χ3v) is 4.35. The molecular formula is C16H24O2. The van der Waals surface area contributed by atoms with Crippen LogP contribution in [0.2, 0.25) is 0 Å². The molecule has 1 aromatic carbocycles. The van der Waals surface area contributed by atoms with E-state index in [2.05, 4.69) is 45.0 Å². The standard InChI is InChI=1S/C16H24O2/c1-15(2,3)12-6-8-13(9-7-12)16(11-17)10-4-5-14(16)18/h6-9,14,17-18H,4-5,10-11H2,1-3H3/t14-,16+/m0/s1. The lowest BCUT2D eigenvalue weighted by molar-refractivity contribution is 0.0614. The third kappa shape index (κ3) is 2.19. The molecule has 100 valence electrons. The molecule has 1 saturated carbocycles. The second-order valence-electron chi connectivity index (χ2n) is 6.55. The molecule has 2 N–H and O–H groups in total. The number of benzene rings is 1.